The smallest absolute Gasteiger partial charge is 0.239 e. The number of anilines is 1. The van der Waals surface area contributed by atoms with E-state index in [9.17, 15) is 18.0 Å². The third-order valence-electron chi connectivity index (χ3n) is 3.10. The van der Waals surface area contributed by atoms with Gasteiger partial charge in [0.1, 0.15) is 0 Å². The van der Waals surface area contributed by atoms with Gasteiger partial charge in [0.15, 0.2) is 5.78 Å². The van der Waals surface area contributed by atoms with Crippen molar-refractivity contribution in [1.29, 1.82) is 0 Å². The van der Waals surface area contributed by atoms with E-state index < -0.39 is 15.9 Å². The Balaban J connectivity index is 2.75. The minimum absolute atomic E-state index is 0.100. The quantitative estimate of drug-likeness (QED) is 0.739. The number of benzene rings is 1. The molecule has 0 unspecified atom stereocenters. The lowest BCUT2D eigenvalue weighted by atomic mass is 10.1. The summed E-state index contributed by atoms with van der Waals surface area (Å²) in [6.07, 6.45) is 2.63. The van der Waals surface area contributed by atoms with Crippen LogP contribution in [0.15, 0.2) is 24.3 Å². The molecule has 7 heteroatoms. The lowest BCUT2D eigenvalue weighted by molar-refractivity contribution is -0.116. The summed E-state index contributed by atoms with van der Waals surface area (Å²) in [5.74, 6) is -0.529. The number of Topliss-reactive ketones (excluding diaryl/α,β-unsaturated/α-hetero) is 1. The number of unbranched alkanes of at least 4 members (excludes halogenated alkanes) is 1. The van der Waals surface area contributed by atoms with Gasteiger partial charge in [-0.05, 0) is 25.5 Å². The highest BCUT2D eigenvalue weighted by molar-refractivity contribution is 7.88. The van der Waals surface area contributed by atoms with Crippen LogP contribution < -0.4 is 5.32 Å². The molecule has 0 fully saturated rings. The van der Waals surface area contributed by atoms with Gasteiger partial charge in [-0.3, -0.25) is 9.59 Å². The molecule has 0 atom stereocenters. The number of ketones is 1. The molecular weight excluding hydrogens is 304 g/mol. The van der Waals surface area contributed by atoms with Crippen molar-refractivity contribution in [2.45, 2.75) is 26.7 Å². The molecule has 1 aromatic carbocycles. The molecule has 1 rings (SSSR count). The van der Waals surface area contributed by atoms with Gasteiger partial charge in [-0.15, -0.1) is 0 Å². The zero-order valence-corrected chi connectivity index (χ0v) is 13.9. The minimum Gasteiger partial charge on any atom is -0.325 e. The van der Waals surface area contributed by atoms with Crippen LogP contribution >= 0.6 is 0 Å². The second kappa shape index (κ2) is 8.05. The SMILES string of the molecule is CCCCN(CC(=O)Nc1cccc(C(C)=O)c1)S(C)(=O)=O. The molecule has 1 amide bonds. The van der Waals surface area contributed by atoms with Gasteiger partial charge in [-0.2, -0.15) is 4.31 Å². The van der Waals surface area contributed by atoms with Gasteiger partial charge in [0, 0.05) is 17.8 Å². The van der Waals surface area contributed by atoms with Crippen LogP contribution in [0.25, 0.3) is 0 Å². The molecule has 0 saturated heterocycles. The zero-order valence-electron chi connectivity index (χ0n) is 13.1. The number of carbonyl (C=O) groups excluding carboxylic acids is 2. The summed E-state index contributed by atoms with van der Waals surface area (Å²) >= 11 is 0. The highest BCUT2D eigenvalue weighted by Crippen LogP contribution is 2.11. The average Bonchev–Trinajstić information content (AvgIpc) is 2.42. The Kier molecular flexibility index (Phi) is 6.70. The molecule has 22 heavy (non-hydrogen) atoms. The van der Waals surface area contributed by atoms with Crippen LogP contribution in [0.5, 0.6) is 0 Å². The summed E-state index contributed by atoms with van der Waals surface area (Å²) in [5.41, 5.74) is 0.963. The van der Waals surface area contributed by atoms with Gasteiger partial charge >= 0.3 is 0 Å². The Morgan fingerprint density at radius 2 is 1.95 bits per heavy atom. The van der Waals surface area contributed by atoms with Crippen LogP contribution in [0.1, 0.15) is 37.0 Å². The van der Waals surface area contributed by atoms with Crippen molar-refractivity contribution in [1.82, 2.24) is 4.31 Å². The maximum atomic E-state index is 12.0. The molecule has 6 nitrogen and oxygen atoms in total. The van der Waals surface area contributed by atoms with Crippen molar-refractivity contribution in [2.75, 3.05) is 24.7 Å². The second-order valence-electron chi connectivity index (χ2n) is 5.14. The van der Waals surface area contributed by atoms with Crippen LogP contribution in [-0.4, -0.2) is 43.8 Å². The first-order valence-corrected chi connectivity index (χ1v) is 8.95. The van der Waals surface area contributed by atoms with Crippen LogP contribution in [0, 0.1) is 0 Å². The number of amides is 1. The molecule has 0 spiro atoms. The van der Waals surface area contributed by atoms with Gasteiger partial charge in [0.2, 0.25) is 15.9 Å². The average molecular weight is 326 g/mol. The first kappa shape index (κ1) is 18.3. The normalized spacial score (nSPS) is 11.5. The molecule has 122 valence electrons. The van der Waals surface area contributed by atoms with E-state index in [0.717, 1.165) is 17.0 Å². The van der Waals surface area contributed by atoms with E-state index >= 15 is 0 Å². The minimum atomic E-state index is -3.43. The fourth-order valence-corrected chi connectivity index (χ4v) is 2.69. The lowest BCUT2D eigenvalue weighted by Crippen LogP contribution is -2.38. The monoisotopic (exact) mass is 326 g/mol. The van der Waals surface area contributed by atoms with Gasteiger partial charge in [0.25, 0.3) is 0 Å². The number of hydrogen-bond donors (Lipinski definition) is 1. The predicted octanol–water partition coefficient (Wildman–Crippen LogP) is 1.89. The first-order valence-electron chi connectivity index (χ1n) is 7.10. The Morgan fingerprint density at radius 1 is 1.27 bits per heavy atom. The zero-order chi connectivity index (χ0) is 16.8. The van der Waals surface area contributed by atoms with E-state index in [4.69, 9.17) is 0 Å². The van der Waals surface area contributed by atoms with E-state index in [-0.39, 0.29) is 12.3 Å². The van der Waals surface area contributed by atoms with Gasteiger partial charge in [-0.25, -0.2) is 8.42 Å². The fraction of sp³-hybridized carbons (Fsp3) is 0.467. The summed E-state index contributed by atoms with van der Waals surface area (Å²) < 4.78 is 24.5. The fourth-order valence-electron chi connectivity index (χ4n) is 1.87. The molecule has 0 radical (unpaired) electrons. The van der Waals surface area contributed by atoms with Crippen LogP contribution in [0.3, 0.4) is 0 Å². The van der Waals surface area contributed by atoms with Crippen molar-refractivity contribution in [2.24, 2.45) is 0 Å². The summed E-state index contributed by atoms with van der Waals surface area (Å²) in [5, 5.41) is 2.62. The molecule has 0 aromatic heterocycles. The number of nitrogens with one attached hydrogen (secondary N) is 1. The maximum absolute atomic E-state index is 12.0. The van der Waals surface area contributed by atoms with E-state index in [1.165, 1.54) is 6.92 Å². The van der Waals surface area contributed by atoms with E-state index in [2.05, 4.69) is 5.32 Å². The van der Waals surface area contributed by atoms with E-state index in [1.807, 2.05) is 6.92 Å². The van der Waals surface area contributed by atoms with Crippen molar-refractivity contribution in [3.63, 3.8) is 0 Å². The number of sulfonamides is 1. The van der Waals surface area contributed by atoms with E-state index in [1.54, 1.807) is 24.3 Å². The van der Waals surface area contributed by atoms with Gasteiger partial charge in [-0.1, -0.05) is 25.5 Å². The number of hydrogen-bond acceptors (Lipinski definition) is 4. The second-order valence-corrected chi connectivity index (χ2v) is 7.12. The van der Waals surface area contributed by atoms with Gasteiger partial charge < -0.3 is 5.32 Å². The highest BCUT2D eigenvalue weighted by atomic mass is 32.2. The third-order valence-corrected chi connectivity index (χ3v) is 4.35. The van der Waals surface area contributed by atoms with Gasteiger partial charge in [0.05, 0.1) is 12.8 Å². The topological polar surface area (TPSA) is 83.6 Å². The predicted molar refractivity (Wildman–Crippen MR) is 86.4 cm³/mol. The highest BCUT2D eigenvalue weighted by Gasteiger charge is 2.19. The first-order chi connectivity index (χ1) is 10.2. The Morgan fingerprint density at radius 3 is 2.50 bits per heavy atom. The summed E-state index contributed by atoms with van der Waals surface area (Å²) in [4.78, 5) is 23.3. The molecular formula is C15H22N2O4S. The Labute approximate surface area is 131 Å². The Bertz CT molecular complexity index is 641. The molecule has 0 aliphatic rings. The molecule has 1 N–H and O–H groups in total. The Hall–Kier alpha value is -1.73. The van der Waals surface area contributed by atoms with Crippen molar-refractivity contribution in [3.8, 4) is 0 Å². The standard InChI is InChI=1S/C15H22N2O4S/c1-4-5-9-17(22(3,20)21)11-15(19)16-14-8-6-7-13(10-14)12(2)18/h6-8,10H,4-5,9,11H2,1-3H3,(H,16,19). The maximum Gasteiger partial charge on any atom is 0.239 e. The largest absolute Gasteiger partial charge is 0.325 e. The summed E-state index contributed by atoms with van der Waals surface area (Å²) in [6.45, 7) is 3.48. The van der Waals surface area contributed by atoms with Crippen molar-refractivity contribution in [3.05, 3.63) is 29.8 Å². The molecule has 0 saturated carbocycles. The van der Waals surface area contributed by atoms with Crippen LogP contribution in [0.4, 0.5) is 5.69 Å². The van der Waals surface area contributed by atoms with E-state index in [0.29, 0.717) is 24.2 Å². The van der Waals surface area contributed by atoms with Crippen LogP contribution in [-0.2, 0) is 14.8 Å². The third kappa shape index (κ3) is 5.95. The molecule has 0 aliphatic carbocycles. The van der Waals surface area contributed by atoms with Crippen molar-refractivity contribution >= 4 is 27.4 Å². The summed E-state index contributed by atoms with van der Waals surface area (Å²) in [7, 11) is -3.43. The van der Waals surface area contributed by atoms with Crippen LogP contribution in [0.2, 0.25) is 0 Å². The van der Waals surface area contributed by atoms with Crippen molar-refractivity contribution < 1.29 is 18.0 Å². The molecule has 0 bridgehead atoms. The molecule has 1 aromatic rings. The molecule has 0 heterocycles. The number of carbonyl (C=O) groups is 2. The summed E-state index contributed by atoms with van der Waals surface area (Å²) in [6, 6.07) is 6.54. The molecule has 0 aliphatic heterocycles. The number of rotatable bonds is 8. The number of nitrogens with zero attached hydrogens (tertiary/aromatic N) is 1. The lowest BCUT2D eigenvalue weighted by Gasteiger charge is -2.19.